The lowest BCUT2D eigenvalue weighted by Gasteiger charge is -2.10. The Morgan fingerprint density at radius 2 is 2.29 bits per heavy atom. The molecule has 2 amide bonds. The predicted octanol–water partition coefficient (Wildman–Crippen LogP) is 3.74. The zero-order valence-electron chi connectivity index (χ0n) is 11.3. The lowest BCUT2D eigenvalue weighted by Crippen LogP contribution is -2.28. The van der Waals surface area contributed by atoms with Crippen LogP contribution in [0, 0.1) is 6.92 Å². The van der Waals surface area contributed by atoms with Crippen LogP contribution in [0.2, 0.25) is 0 Å². The first kappa shape index (κ1) is 14.9. The highest BCUT2D eigenvalue weighted by Crippen LogP contribution is 2.25. The molecule has 1 atom stereocenters. The van der Waals surface area contributed by atoms with Gasteiger partial charge in [0, 0.05) is 17.6 Å². The van der Waals surface area contributed by atoms with E-state index in [2.05, 4.69) is 20.9 Å². The van der Waals surface area contributed by atoms with Gasteiger partial charge in [0.25, 0.3) is 0 Å². The molecule has 112 valence electrons. The summed E-state index contributed by atoms with van der Waals surface area (Å²) in [7, 11) is 0. The molecule has 3 rings (SSSR count). The second-order valence-corrected chi connectivity index (χ2v) is 8.45. The van der Waals surface area contributed by atoms with Gasteiger partial charge in [0.1, 0.15) is 11.2 Å². The first-order valence-corrected chi connectivity index (χ1v) is 8.88. The van der Waals surface area contributed by atoms with Crippen molar-refractivity contribution in [1.82, 2.24) is 9.47 Å². The molecule has 0 unspecified atom stereocenters. The normalized spacial score (nSPS) is 19.5. The maximum atomic E-state index is 13.2. The third kappa shape index (κ3) is 3.27. The van der Waals surface area contributed by atoms with Crippen molar-refractivity contribution in [1.29, 1.82) is 0 Å². The summed E-state index contributed by atoms with van der Waals surface area (Å²) in [5.41, 5.74) is 0. The number of amides is 2. The molecule has 1 saturated heterocycles. The highest BCUT2D eigenvalue weighted by molar-refractivity contribution is 9.11. The molecule has 8 heteroatoms. The predicted molar refractivity (Wildman–Crippen MR) is 86.0 cm³/mol. The van der Waals surface area contributed by atoms with Gasteiger partial charge in [-0.25, -0.2) is 9.18 Å². The van der Waals surface area contributed by atoms with Crippen molar-refractivity contribution >= 4 is 44.6 Å². The minimum absolute atomic E-state index is 0.150. The maximum Gasteiger partial charge on any atom is 0.346 e. The molecule has 21 heavy (non-hydrogen) atoms. The number of rotatable bonds is 1. The summed E-state index contributed by atoms with van der Waals surface area (Å²) in [5, 5.41) is 0.988. The summed E-state index contributed by atoms with van der Waals surface area (Å²) in [5.74, 6) is 0. The van der Waals surface area contributed by atoms with Crippen LogP contribution in [0.4, 0.5) is 9.18 Å². The van der Waals surface area contributed by atoms with Gasteiger partial charge >= 0.3 is 6.03 Å². The van der Waals surface area contributed by atoms with Crippen molar-refractivity contribution in [2.75, 3.05) is 13.1 Å². The quantitative estimate of drug-likeness (QED) is 0.731. The Labute approximate surface area is 137 Å². The van der Waals surface area contributed by atoms with Crippen LogP contribution in [0.15, 0.2) is 27.1 Å². The topological polar surface area (TPSA) is 37.6 Å². The zero-order chi connectivity index (χ0) is 15.0. The summed E-state index contributed by atoms with van der Waals surface area (Å²) in [4.78, 5) is 19.5. The van der Waals surface area contributed by atoms with Gasteiger partial charge in [-0.05, 0) is 41.4 Å². The smallest absolute Gasteiger partial charge is 0.320 e. The van der Waals surface area contributed by atoms with E-state index in [1.807, 2.05) is 29.8 Å². The fourth-order valence-electron chi connectivity index (χ4n) is 2.17. The monoisotopic (exact) mass is 389 g/mol. The molecule has 2 aromatic rings. The number of likely N-dealkylation sites (tertiary alicyclic amines) is 1. The molecule has 0 radical (unpaired) electrons. The highest BCUT2D eigenvalue weighted by atomic mass is 79.9. The van der Waals surface area contributed by atoms with Crippen LogP contribution in [0.1, 0.15) is 11.3 Å². The first-order valence-electron chi connectivity index (χ1n) is 6.45. The van der Waals surface area contributed by atoms with E-state index >= 15 is 0 Å². The number of aromatic nitrogens is 1. The van der Waals surface area contributed by atoms with Crippen molar-refractivity contribution in [3.8, 4) is 5.00 Å². The molecule has 0 aliphatic carbocycles. The Morgan fingerprint density at radius 3 is 2.90 bits per heavy atom. The second kappa shape index (κ2) is 6.02. The summed E-state index contributed by atoms with van der Waals surface area (Å²) >= 11 is 6.46. The zero-order valence-corrected chi connectivity index (χ0v) is 14.5. The van der Waals surface area contributed by atoms with E-state index in [4.69, 9.17) is 0 Å². The summed E-state index contributed by atoms with van der Waals surface area (Å²) in [6.45, 7) is 2.57. The summed E-state index contributed by atoms with van der Waals surface area (Å²) in [6.07, 6.45) is 1.44. The molecule has 1 fully saturated rings. The van der Waals surface area contributed by atoms with E-state index in [0.717, 1.165) is 13.7 Å². The van der Waals surface area contributed by atoms with Crippen LogP contribution in [0.3, 0.4) is 0 Å². The van der Waals surface area contributed by atoms with Gasteiger partial charge in [0.15, 0.2) is 4.80 Å². The Hall–Kier alpha value is -0.990. The van der Waals surface area contributed by atoms with Gasteiger partial charge in [-0.3, -0.25) is 4.57 Å². The molecule has 4 nitrogen and oxygen atoms in total. The third-order valence-corrected chi connectivity index (χ3v) is 5.68. The van der Waals surface area contributed by atoms with Gasteiger partial charge < -0.3 is 4.90 Å². The van der Waals surface area contributed by atoms with Crippen LogP contribution in [-0.4, -0.2) is 34.8 Å². The number of carbonyl (C=O) groups is 1. The van der Waals surface area contributed by atoms with E-state index in [0.29, 0.717) is 17.8 Å². The minimum Gasteiger partial charge on any atom is -0.320 e. The van der Waals surface area contributed by atoms with Crippen LogP contribution >= 0.6 is 38.6 Å². The molecule has 0 N–H and O–H groups in total. The second-order valence-electron chi connectivity index (χ2n) is 4.80. The molecular formula is C13H13BrFN3OS2. The van der Waals surface area contributed by atoms with Crippen molar-refractivity contribution in [2.24, 2.45) is 4.99 Å². The summed E-state index contributed by atoms with van der Waals surface area (Å²) < 4.78 is 16.1. The van der Waals surface area contributed by atoms with Crippen molar-refractivity contribution in [2.45, 2.75) is 19.5 Å². The third-order valence-electron chi connectivity index (χ3n) is 3.16. The van der Waals surface area contributed by atoms with Crippen LogP contribution in [0.25, 0.3) is 5.00 Å². The lowest BCUT2D eigenvalue weighted by molar-refractivity contribution is 0.213. The number of alkyl halides is 1. The molecular weight excluding hydrogens is 377 g/mol. The number of nitrogens with zero attached hydrogens (tertiary/aromatic N) is 3. The van der Waals surface area contributed by atoms with E-state index in [-0.39, 0.29) is 12.6 Å². The number of thiophene rings is 1. The molecule has 0 bridgehead atoms. The van der Waals surface area contributed by atoms with Crippen LogP contribution in [-0.2, 0) is 0 Å². The number of thiazole rings is 1. The average Bonchev–Trinajstić information content (AvgIpc) is 3.11. The molecule has 1 aliphatic heterocycles. The number of hydrogen-bond acceptors (Lipinski definition) is 3. The average molecular weight is 390 g/mol. The van der Waals surface area contributed by atoms with E-state index in [1.165, 1.54) is 16.2 Å². The molecule has 2 aromatic heterocycles. The SMILES string of the molecule is Cc1cn(-c2ccc(Br)s2)/c(=N/C(=O)N2CC[C@@H](F)C2)s1. The minimum atomic E-state index is -0.922. The Kier molecular flexibility index (Phi) is 4.28. The lowest BCUT2D eigenvalue weighted by atomic mass is 10.3. The highest BCUT2D eigenvalue weighted by Gasteiger charge is 2.25. The Morgan fingerprint density at radius 1 is 1.48 bits per heavy atom. The Bertz CT molecular complexity index is 736. The van der Waals surface area contributed by atoms with E-state index < -0.39 is 6.17 Å². The largest absolute Gasteiger partial charge is 0.346 e. The standard InChI is InChI=1S/C13H13BrFN3OS2/c1-8-6-18(11-3-2-10(14)21-11)13(20-8)16-12(19)17-5-4-9(15)7-17/h2-3,6,9H,4-5,7H2,1H3/b16-13-/t9-/m1/s1. The molecule has 3 heterocycles. The molecule has 0 saturated carbocycles. The maximum absolute atomic E-state index is 13.2. The van der Waals surface area contributed by atoms with Gasteiger partial charge in [-0.2, -0.15) is 4.99 Å². The van der Waals surface area contributed by atoms with Crippen molar-refractivity contribution < 1.29 is 9.18 Å². The first-order chi connectivity index (χ1) is 10.0. The Balaban J connectivity index is 1.95. The van der Waals surface area contributed by atoms with E-state index in [1.54, 1.807) is 11.3 Å². The van der Waals surface area contributed by atoms with Crippen LogP contribution in [0.5, 0.6) is 0 Å². The van der Waals surface area contributed by atoms with Gasteiger partial charge in [0.05, 0.1) is 10.3 Å². The molecule has 0 aromatic carbocycles. The van der Waals surface area contributed by atoms with Gasteiger partial charge in [-0.15, -0.1) is 22.7 Å². The molecule has 0 spiro atoms. The van der Waals surface area contributed by atoms with E-state index in [9.17, 15) is 9.18 Å². The van der Waals surface area contributed by atoms with Crippen molar-refractivity contribution in [3.05, 3.63) is 31.8 Å². The number of hydrogen-bond donors (Lipinski definition) is 0. The number of carbonyl (C=O) groups excluding carboxylic acids is 1. The number of halogens is 2. The van der Waals surface area contributed by atoms with Crippen LogP contribution < -0.4 is 4.80 Å². The van der Waals surface area contributed by atoms with Crippen molar-refractivity contribution in [3.63, 3.8) is 0 Å². The summed E-state index contributed by atoms with van der Waals surface area (Å²) in [6, 6.07) is 3.57. The van der Waals surface area contributed by atoms with Gasteiger partial charge in [-0.1, -0.05) is 0 Å². The van der Waals surface area contributed by atoms with Gasteiger partial charge in [0.2, 0.25) is 0 Å². The fraction of sp³-hybridized carbons (Fsp3) is 0.385. The fourth-order valence-corrected chi connectivity index (χ4v) is 4.39. The molecule has 1 aliphatic rings. The number of urea groups is 1. The number of aryl methyl sites for hydroxylation is 1.